The van der Waals surface area contributed by atoms with Crippen LogP contribution in [0.5, 0.6) is 0 Å². The van der Waals surface area contributed by atoms with Gasteiger partial charge in [-0.05, 0) is 36.2 Å². The molecule has 1 aliphatic heterocycles. The van der Waals surface area contributed by atoms with Gasteiger partial charge in [-0.25, -0.2) is 4.79 Å². The highest BCUT2D eigenvalue weighted by Gasteiger charge is 2.33. The van der Waals surface area contributed by atoms with E-state index in [0.29, 0.717) is 22.2 Å². The maximum Gasteiger partial charge on any atom is 0.326 e. The van der Waals surface area contributed by atoms with Gasteiger partial charge in [0.25, 0.3) is 0 Å². The fraction of sp³-hybridized carbons (Fsp3) is 0.188. The van der Waals surface area contributed by atoms with Gasteiger partial charge in [0.1, 0.15) is 6.04 Å². The fourth-order valence-corrected chi connectivity index (χ4v) is 3.89. The highest BCUT2D eigenvalue weighted by Crippen LogP contribution is 2.44. The molecule has 0 amide bonds. The van der Waals surface area contributed by atoms with E-state index in [1.165, 1.54) is 0 Å². The highest BCUT2D eigenvalue weighted by molar-refractivity contribution is 9.10. The largest absolute Gasteiger partial charge is 0.480 e. The van der Waals surface area contributed by atoms with E-state index in [2.05, 4.69) is 21.2 Å². The number of carboxylic acids is 1. The number of carboxylic acid groups (broad SMARTS) is 1. The molecule has 0 fully saturated rings. The van der Waals surface area contributed by atoms with E-state index in [4.69, 9.17) is 23.2 Å². The molecule has 2 atom stereocenters. The predicted molar refractivity (Wildman–Crippen MR) is 92.1 cm³/mol. The second-order valence-electron chi connectivity index (χ2n) is 5.23. The highest BCUT2D eigenvalue weighted by atomic mass is 79.9. The first-order valence-electron chi connectivity index (χ1n) is 6.69. The number of aliphatic carboxylic acids is 1. The van der Waals surface area contributed by atoms with Crippen molar-refractivity contribution < 1.29 is 9.90 Å². The molecule has 114 valence electrons. The lowest BCUT2D eigenvalue weighted by molar-refractivity contribution is -0.138. The molecule has 0 spiro atoms. The fourth-order valence-electron chi connectivity index (χ4n) is 2.85. The second kappa shape index (κ2) is 6.11. The van der Waals surface area contributed by atoms with Crippen LogP contribution in [-0.4, -0.2) is 17.1 Å². The Morgan fingerprint density at radius 1 is 1.27 bits per heavy atom. The lowest BCUT2D eigenvalue weighted by Crippen LogP contribution is -2.35. The van der Waals surface area contributed by atoms with Crippen LogP contribution in [0, 0.1) is 0 Å². The first kappa shape index (κ1) is 15.7. The molecule has 0 saturated carbocycles. The van der Waals surface area contributed by atoms with Crippen molar-refractivity contribution in [2.24, 2.45) is 0 Å². The average molecular weight is 401 g/mol. The number of carbonyl (C=O) groups is 1. The van der Waals surface area contributed by atoms with E-state index in [1.807, 2.05) is 24.3 Å². The maximum absolute atomic E-state index is 11.4. The molecular formula is C16H12BrCl2NO2. The number of hydrogen-bond donors (Lipinski definition) is 2. The van der Waals surface area contributed by atoms with Gasteiger partial charge >= 0.3 is 5.97 Å². The average Bonchev–Trinajstić information content (AvgIpc) is 2.45. The summed E-state index contributed by atoms with van der Waals surface area (Å²) in [7, 11) is 0. The third kappa shape index (κ3) is 2.96. The molecule has 3 nitrogen and oxygen atoms in total. The molecular weight excluding hydrogens is 389 g/mol. The lowest BCUT2D eigenvalue weighted by Gasteiger charge is -2.32. The summed E-state index contributed by atoms with van der Waals surface area (Å²) in [5, 5.41) is 13.4. The van der Waals surface area contributed by atoms with Crippen molar-refractivity contribution in [3.05, 3.63) is 62.0 Å². The van der Waals surface area contributed by atoms with Crippen molar-refractivity contribution in [3.8, 4) is 0 Å². The summed E-state index contributed by atoms with van der Waals surface area (Å²) in [4.78, 5) is 11.4. The molecule has 2 unspecified atom stereocenters. The maximum atomic E-state index is 11.4. The zero-order valence-electron chi connectivity index (χ0n) is 11.3. The minimum absolute atomic E-state index is 0.0976. The van der Waals surface area contributed by atoms with Crippen LogP contribution in [-0.2, 0) is 4.79 Å². The van der Waals surface area contributed by atoms with Crippen LogP contribution in [0.15, 0.2) is 40.9 Å². The Hall–Kier alpha value is -1.23. The van der Waals surface area contributed by atoms with Gasteiger partial charge < -0.3 is 10.4 Å². The summed E-state index contributed by atoms with van der Waals surface area (Å²) in [6, 6.07) is 10.6. The van der Waals surface area contributed by atoms with Gasteiger partial charge in [0.2, 0.25) is 0 Å². The van der Waals surface area contributed by atoms with Gasteiger partial charge in [0, 0.05) is 31.7 Å². The smallest absolute Gasteiger partial charge is 0.326 e. The SMILES string of the molecule is O=C(O)C1CC(c2cccc(Br)c2)c2c(Cl)cc(Cl)cc2N1. The van der Waals surface area contributed by atoms with Crippen LogP contribution in [0.25, 0.3) is 0 Å². The van der Waals surface area contributed by atoms with Crippen molar-refractivity contribution in [1.29, 1.82) is 0 Å². The van der Waals surface area contributed by atoms with Gasteiger partial charge in [-0.3, -0.25) is 0 Å². The minimum Gasteiger partial charge on any atom is -0.480 e. The lowest BCUT2D eigenvalue weighted by atomic mass is 9.82. The standard InChI is InChI=1S/C16H12BrCl2NO2/c17-9-3-1-2-8(4-9)11-7-14(16(21)22)20-13-6-10(18)5-12(19)15(11)13/h1-6,11,14,20H,7H2,(H,21,22). The van der Waals surface area contributed by atoms with Crippen molar-refractivity contribution in [3.63, 3.8) is 0 Å². The zero-order chi connectivity index (χ0) is 15.9. The third-order valence-electron chi connectivity index (χ3n) is 3.79. The molecule has 0 radical (unpaired) electrons. The van der Waals surface area contributed by atoms with Crippen molar-refractivity contribution >= 4 is 50.8 Å². The van der Waals surface area contributed by atoms with E-state index in [9.17, 15) is 9.90 Å². The van der Waals surface area contributed by atoms with E-state index in [-0.39, 0.29) is 5.92 Å². The van der Waals surface area contributed by atoms with Crippen LogP contribution < -0.4 is 5.32 Å². The number of anilines is 1. The number of fused-ring (bicyclic) bond motifs is 1. The summed E-state index contributed by atoms with van der Waals surface area (Å²) >= 11 is 15.9. The van der Waals surface area contributed by atoms with Crippen molar-refractivity contribution in [1.82, 2.24) is 0 Å². The van der Waals surface area contributed by atoms with Gasteiger partial charge in [-0.2, -0.15) is 0 Å². The summed E-state index contributed by atoms with van der Waals surface area (Å²) in [5.74, 6) is -0.985. The van der Waals surface area contributed by atoms with Gasteiger partial charge in [0.15, 0.2) is 0 Å². The zero-order valence-corrected chi connectivity index (χ0v) is 14.4. The van der Waals surface area contributed by atoms with Crippen molar-refractivity contribution in [2.75, 3.05) is 5.32 Å². The molecule has 2 N–H and O–H groups in total. The minimum atomic E-state index is -0.887. The van der Waals surface area contributed by atoms with E-state index in [1.54, 1.807) is 12.1 Å². The Labute approximate surface area is 146 Å². The monoisotopic (exact) mass is 399 g/mol. The van der Waals surface area contributed by atoms with Crippen LogP contribution in [0.3, 0.4) is 0 Å². The molecule has 1 heterocycles. The summed E-state index contributed by atoms with van der Waals surface area (Å²) < 4.78 is 0.946. The van der Waals surface area contributed by atoms with E-state index in [0.717, 1.165) is 15.6 Å². The topological polar surface area (TPSA) is 49.3 Å². The molecule has 0 aliphatic carbocycles. The normalized spacial score (nSPS) is 20.1. The first-order chi connectivity index (χ1) is 10.5. The Bertz CT molecular complexity index is 751. The molecule has 0 aromatic heterocycles. The van der Waals surface area contributed by atoms with Gasteiger partial charge in [-0.15, -0.1) is 0 Å². The van der Waals surface area contributed by atoms with Crippen molar-refractivity contribution in [2.45, 2.75) is 18.4 Å². The molecule has 6 heteroatoms. The molecule has 0 bridgehead atoms. The molecule has 3 rings (SSSR count). The van der Waals surface area contributed by atoms with Crippen LogP contribution in [0.1, 0.15) is 23.5 Å². The summed E-state index contributed by atoms with van der Waals surface area (Å²) in [6.45, 7) is 0. The predicted octanol–water partition coefficient (Wildman–Crippen LogP) is 5.16. The Kier molecular flexibility index (Phi) is 4.35. The van der Waals surface area contributed by atoms with Crippen LogP contribution >= 0.6 is 39.1 Å². The number of nitrogens with one attached hydrogen (secondary N) is 1. The number of halogens is 3. The molecule has 2 aromatic rings. The number of hydrogen-bond acceptors (Lipinski definition) is 2. The summed E-state index contributed by atoms with van der Waals surface area (Å²) in [6.07, 6.45) is 0.431. The van der Waals surface area contributed by atoms with Gasteiger partial charge in [0.05, 0.1) is 0 Å². The van der Waals surface area contributed by atoms with Crippen LogP contribution in [0.2, 0.25) is 10.0 Å². The molecule has 0 saturated heterocycles. The van der Waals surface area contributed by atoms with Gasteiger partial charge in [-0.1, -0.05) is 51.3 Å². The molecule has 2 aromatic carbocycles. The second-order valence-corrected chi connectivity index (χ2v) is 6.99. The third-order valence-corrected chi connectivity index (χ3v) is 4.82. The Morgan fingerprint density at radius 2 is 2.05 bits per heavy atom. The Morgan fingerprint density at radius 3 is 2.73 bits per heavy atom. The van der Waals surface area contributed by atoms with E-state index < -0.39 is 12.0 Å². The number of benzene rings is 2. The number of rotatable bonds is 2. The van der Waals surface area contributed by atoms with E-state index >= 15 is 0 Å². The first-order valence-corrected chi connectivity index (χ1v) is 8.24. The van der Waals surface area contributed by atoms with Crippen LogP contribution in [0.4, 0.5) is 5.69 Å². The summed E-state index contributed by atoms with van der Waals surface area (Å²) in [5.41, 5.74) is 2.59. The molecule has 1 aliphatic rings. The molecule has 22 heavy (non-hydrogen) atoms. The quantitative estimate of drug-likeness (QED) is 0.732. The Balaban J connectivity index is 2.15.